The summed E-state index contributed by atoms with van der Waals surface area (Å²) in [5.74, 6) is 0.0554. The molecular formula is C14H19ClN2O3S. The summed E-state index contributed by atoms with van der Waals surface area (Å²) < 4.78 is 17.6. The van der Waals surface area contributed by atoms with Crippen LogP contribution < -0.4 is 11.1 Å². The smallest absolute Gasteiger partial charge is 0.239 e. The molecule has 3 unspecified atom stereocenters. The number of nitrogen functional groups attached to an aromatic ring is 1. The van der Waals surface area contributed by atoms with Gasteiger partial charge in [0.05, 0.1) is 23.2 Å². The molecule has 1 saturated heterocycles. The molecule has 0 bridgehead atoms. The fourth-order valence-corrected chi connectivity index (χ4v) is 3.48. The molecule has 1 aliphatic heterocycles. The van der Waals surface area contributed by atoms with Gasteiger partial charge in [0.15, 0.2) is 0 Å². The Morgan fingerprint density at radius 3 is 3.05 bits per heavy atom. The molecule has 1 fully saturated rings. The normalized spacial score (nSPS) is 21.0. The van der Waals surface area contributed by atoms with Gasteiger partial charge in [-0.25, -0.2) is 0 Å². The van der Waals surface area contributed by atoms with Gasteiger partial charge in [0.1, 0.15) is 5.25 Å². The molecule has 116 valence electrons. The first-order valence-electron chi connectivity index (χ1n) is 6.82. The molecule has 1 aromatic carbocycles. The van der Waals surface area contributed by atoms with Crippen molar-refractivity contribution < 1.29 is 13.7 Å². The van der Waals surface area contributed by atoms with Crippen molar-refractivity contribution in [3.63, 3.8) is 0 Å². The van der Waals surface area contributed by atoms with Crippen LogP contribution in [0.25, 0.3) is 0 Å². The molecule has 0 radical (unpaired) electrons. The highest BCUT2D eigenvalue weighted by molar-refractivity contribution is 7.86. The second-order valence-corrected chi connectivity index (χ2v) is 7.28. The maximum atomic E-state index is 12.2. The number of carbonyl (C=O) groups excluding carboxylic acids is 1. The second kappa shape index (κ2) is 7.24. The molecule has 0 aliphatic carbocycles. The van der Waals surface area contributed by atoms with Crippen LogP contribution in [0.15, 0.2) is 18.2 Å². The summed E-state index contributed by atoms with van der Waals surface area (Å²) in [5, 5.41) is 2.52. The molecule has 7 heteroatoms. The number of nitrogens with two attached hydrogens (primary N) is 1. The van der Waals surface area contributed by atoms with E-state index >= 15 is 0 Å². The quantitative estimate of drug-likeness (QED) is 0.811. The molecule has 0 aromatic heterocycles. The number of amides is 1. The number of hydrogen-bond donors (Lipinski definition) is 2. The highest BCUT2D eigenvalue weighted by atomic mass is 35.5. The van der Waals surface area contributed by atoms with E-state index in [9.17, 15) is 9.00 Å². The molecule has 1 heterocycles. The molecule has 3 N–H and O–H groups in total. The molecule has 21 heavy (non-hydrogen) atoms. The number of carbonyl (C=O) groups is 1. The van der Waals surface area contributed by atoms with Gasteiger partial charge in [0, 0.05) is 22.4 Å². The van der Waals surface area contributed by atoms with Crippen LogP contribution in [0.2, 0.25) is 5.02 Å². The highest BCUT2D eigenvalue weighted by Crippen LogP contribution is 2.23. The number of ether oxygens (including phenoxy) is 1. The lowest BCUT2D eigenvalue weighted by atomic mass is 10.2. The first-order chi connectivity index (χ1) is 9.97. The first kappa shape index (κ1) is 16.3. The lowest BCUT2D eigenvalue weighted by molar-refractivity contribution is -0.115. The van der Waals surface area contributed by atoms with E-state index in [1.807, 2.05) is 0 Å². The number of benzene rings is 1. The van der Waals surface area contributed by atoms with Crippen LogP contribution in [0.4, 0.5) is 11.4 Å². The van der Waals surface area contributed by atoms with E-state index in [-0.39, 0.29) is 12.0 Å². The van der Waals surface area contributed by atoms with Crippen molar-refractivity contribution in [1.29, 1.82) is 0 Å². The van der Waals surface area contributed by atoms with Gasteiger partial charge in [0.2, 0.25) is 5.91 Å². The van der Waals surface area contributed by atoms with Crippen LogP contribution in [-0.2, 0) is 20.3 Å². The minimum Gasteiger partial charge on any atom is -0.397 e. The zero-order valence-corrected chi connectivity index (χ0v) is 13.4. The Bertz CT molecular complexity index is 547. The highest BCUT2D eigenvalue weighted by Gasteiger charge is 2.25. The van der Waals surface area contributed by atoms with Crippen molar-refractivity contribution in [2.24, 2.45) is 0 Å². The molecular weight excluding hydrogens is 312 g/mol. The van der Waals surface area contributed by atoms with Crippen molar-refractivity contribution >= 4 is 39.7 Å². The molecule has 2 rings (SSSR count). The van der Waals surface area contributed by atoms with E-state index in [1.54, 1.807) is 25.1 Å². The Kier molecular flexibility index (Phi) is 5.61. The predicted molar refractivity (Wildman–Crippen MR) is 85.9 cm³/mol. The summed E-state index contributed by atoms with van der Waals surface area (Å²) in [6.45, 7) is 2.35. The van der Waals surface area contributed by atoms with Crippen LogP contribution in [-0.4, -0.2) is 33.8 Å². The average molecular weight is 331 g/mol. The molecule has 0 saturated carbocycles. The fourth-order valence-electron chi connectivity index (χ4n) is 2.09. The number of anilines is 2. The lowest BCUT2D eigenvalue weighted by Crippen LogP contribution is -2.33. The molecule has 3 atom stereocenters. The van der Waals surface area contributed by atoms with Crippen molar-refractivity contribution in [2.45, 2.75) is 31.1 Å². The average Bonchev–Trinajstić information content (AvgIpc) is 2.94. The zero-order chi connectivity index (χ0) is 15.4. The van der Waals surface area contributed by atoms with Crippen LogP contribution >= 0.6 is 11.6 Å². The van der Waals surface area contributed by atoms with Gasteiger partial charge < -0.3 is 15.8 Å². The number of halogens is 1. The van der Waals surface area contributed by atoms with E-state index in [4.69, 9.17) is 22.1 Å². The number of nitrogens with one attached hydrogen (secondary N) is 1. The Hall–Kier alpha value is -1.11. The zero-order valence-electron chi connectivity index (χ0n) is 11.8. The summed E-state index contributed by atoms with van der Waals surface area (Å²) in [5.41, 5.74) is 6.64. The SMILES string of the molecule is CC(C(=O)Nc1cc(Cl)ccc1N)S(=O)CC1CCCO1. The third-order valence-corrected chi connectivity index (χ3v) is 5.35. The van der Waals surface area contributed by atoms with Gasteiger partial charge in [-0.3, -0.25) is 9.00 Å². The number of hydrogen-bond acceptors (Lipinski definition) is 4. The van der Waals surface area contributed by atoms with Gasteiger partial charge in [0.25, 0.3) is 0 Å². The Labute approximate surface area is 131 Å². The molecule has 1 aliphatic rings. The number of rotatable bonds is 5. The minimum atomic E-state index is -1.28. The topological polar surface area (TPSA) is 81.4 Å². The largest absolute Gasteiger partial charge is 0.397 e. The monoisotopic (exact) mass is 330 g/mol. The van der Waals surface area contributed by atoms with E-state index in [1.165, 1.54) is 0 Å². The van der Waals surface area contributed by atoms with Crippen molar-refractivity contribution in [3.05, 3.63) is 23.2 Å². The van der Waals surface area contributed by atoms with Crippen molar-refractivity contribution in [3.8, 4) is 0 Å². The Balaban J connectivity index is 1.95. The summed E-state index contributed by atoms with van der Waals surface area (Å²) in [6.07, 6.45) is 1.89. The first-order valence-corrected chi connectivity index (χ1v) is 8.58. The van der Waals surface area contributed by atoms with Crippen LogP contribution in [0.5, 0.6) is 0 Å². The van der Waals surface area contributed by atoms with Gasteiger partial charge in [-0.05, 0) is 38.0 Å². The fraction of sp³-hybridized carbons (Fsp3) is 0.500. The van der Waals surface area contributed by atoms with Crippen LogP contribution in [0, 0.1) is 0 Å². The summed E-state index contributed by atoms with van der Waals surface area (Å²) >= 11 is 5.87. The van der Waals surface area contributed by atoms with E-state index in [0.29, 0.717) is 28.8 Å². The third kappa shape index (κ3) is 4.43. The molecule has 1 amide bonds. The van der Waals surface area contributed by atoms with Crippen LogP contribution in [0.1, 0.15) is 19.8 Å². The summed E-state index contributed by atoms with van der Waals surface area (Å²) in [4.78, 5) is 12.1. The maximum Gasteiger partial charge on any atom is 0.239 e. The summed E-state index contributed by atoms with van der Waals surface area (Å²) in [7, 11) is -1.28. The third-order valence-electron chi connectivity index (χ3n) is 3.41. The van der Waals surface area contributed by atoms with E-state index < -0.39 is 16.0 Å². The van der Waals surface area contributed by atoms with Crippen molar-refractivity contribution in [1.82, 2.24) is 0 Å². The van der Waals surface area contributed by atoms with Gasteiger partial charge in [-0.2, -0.15) is 0 Å². The molecule has 0 spiro atoms. The van der Waals surface area contributed by atoms with E-state index in [0.717, 1.165) is 12.8 Å². The Morgan fingerprint density at radius 2 is 2.38 bits per heavy atom. The van der Waals surface area contributed by atoms with E-state index in [2.05, 4.69) is 5.32 Å². The molecule has 5 nitrogen and oxygen atoms in total. The Morgan fingerprint density at radius 1 is 1.62 bits per heavy atom. The second-order valence-electron chi connectivity index (χ2n) is 5.05. The van der Waals surface area contributed by atoms with Crippen LogP contribution in [0.3, 0.4) is 0 Å². The standard InChI is InChI=1S/C14H19ClN2O3S/c1-9(21(19)8-11-3-2-6-20-11)14(18)17-13-7-10(15)4-5-12(13)16/h4-5,7,9,11H,2-3,6,8,16H2,1H3,(H,17,18). The summed E-state index contributed by atoms with van der Waals surface area (Å²) in [6, 6.07) is 4.84. The van der Waals surface area contributed by atoms with Gasteiger partial charge in [-0.1, -0.05) is 11.6 Å². The van der Waals surface area contributed by atoms with Gasteiger partial charge >= 0.3 is 0 Å². The maximum absolute atomic E-state index is 12.2. The minimum absolute atomic E-state index is 0.00248. The lowest BCUT2D eigenvalue weighted by Gasteiger charge is -2.15. The predicted octanol–water partition coefficient (Wildman–Crippen LogP) is 2.18. The van der Waals surface area contributed by atoms with Crippen molar-refractivity contribution in [2.75, 3.05) is 23.4 Å². The molecule has 1 aromatic rings. The van der Waals surface area contributed by atoms with Gasteiger partial charge in [-0.15, -0.1) is 0 Å².